The van der Waals surface area contributed by atoms with Gasteiger partial charge in [-0.2, -0.15) is 0 Å². The Morgan fingerprint density at radius 1 is 1.28 bits per heavy atom. The van der Waals surface area contributed by atoms with Gasteiger partial charge in [-0.15, -0.1) is 0 Å². The van der Waals surface area contributed by atoms with E-state index in [0.717, 1.165) is 38.2 Å². The van der Waals surface area contributed by atoms with E-state index in [4.69, 9.17) is 4.74 Å². The number of hydrogen-bond donors (Lipinski definition) is 1. The highest BCUT2D eigenvalue weighted by atomic mass is 16.5. The summed E-state index contributed by atoms with van der Waals surface area (Å²) in [6.07, 6.45) is 5.17. The molecule has 4 heterocycles. The van der Waals surface area contributed by atoms with Gasteiger partial charge in [-0.05, 0) is 43.2 Å². The lowest BCUT2D eigenvalue weighted by Gasteiger charge is -2.56. The number of ether oxygens (including phenoxy) is 1. The van der Waals surface area contributed by atoms with Crippen molar-refractivity contribution in [2.75, 3.05) is 31.6 Å². The molecule has 0 saturated carbocycles. The minimum Gasteiger partial charge on any atom is -0.465 e. The van der Waals surface area contributed by atoms with E-state index in [2.05, 4.69) is 20.1 Å². The highest BCUT2D eigenvalue weighted by Gasteiger charge is 2.49. The minimum absolute atomic E-state index is 0.0186. The molecule has 3 fully saturated rings. The first-order valence-corrected chi connectivity index (χ1v) is 10.3. The van der Waals surface area contributed by atoms with Crippen molar-refractivity contribution in [3.05, 3.63) is 23.9 Å². The van der Waals surface area contributed by atoms with Gasteiger partial charge in [0.15, 0.2) is 0 Å². The maximum Gasteiger partial charge on any atom is 0.339 e. The molecule has 1 aromatic heterocycles. The van der Waals surface area contributed by atoms with Crippen LogP contribution in [0.1, 0.15) is 43.0 Å². The molecule has 0 spiro atoms. The summed E-state index contributed by atoms with van der Waals surface area (Å²) < 4.78 is 4.75. The minimum atomic E-state index is -0.397. The molecule has 0 aliphatic carbocycles. The Balaban J connectivity index is 1.57. The van der Waals surface area contributed by atoms with Gasteiger partial charge in [0, 0.05) is 45.2 Å². The van der Waals surface area contributed by atoms with Crippen LogP contribution in [0, 0.1) is 11.8 Å². The topological polar surface area (TPSA) is 91.8 Å². The average molecular weight is 400 g/mol. The van der Waals surface area contributed by atoms with Crippen molar-refractivity contribution >= 4 is 23.6 Å². The molecule has 8 nitrogen and oxygen atoms in total. The largest absolute Gasteiger partial charge is 0.465 e. The fourth-order valence-corrected chi connectivity index (χ4v) is 5.28. The summed E-state index contributed by atoms with van der Waals surface area (Å²) in [5, 5.41) is 2.93. The number of esters is 1. The van der Waals surface area contributed by atoms with Gasteiger partial charge >= 0.3 is 5.97 Å². The van der Waals surface area contributed by atoms with Crippen molar-refractivity contribution in [3.8, 4) is 0 Å². The maximum absolute atomic E-state index is 12.7. The molecule has 4 rings (SSSR count). The Morgan fingerprint density at radius 3 is 2.76 bits per heavy atom. The molecule has 1 N–H and O–H groups in total. The molecule has 3 aliphatic rings. The number of nitrogens with one attached hydrogen (secondary N) is 1. The van der Waals surface area contributed by atoms with Gasteiger partial charge in [0.1, 0.15) is 5.82 Å². The van der Waals surface area contributed by atoms with Crippen LogP contribution in [-0.2, 0) is 14.3 Å². The van der Waals surface area contributed by atoms with Crippen LogP contribution in [-0.4, -0.2) is 66.5 Å². The van der Waals surface area contributed by atoms with Gasteiger partial charge in [-0.1, -0.05) is 0 Å². The number of piperidine rings is 3. The van der Waals surface area contributed by atoms with Crippen molar-refractivity contribution in [1.82, 2.24) is 15.2 Å². The second-order valence-corrected chi connectivity index (χ2v) is 8.32. The zero-order chi connectivity index (χ0) is 20.5. The van der Waals surface area contributed by atoms with Crippen LogP contribution in [0.25, 0.3) is 0 Å². The van der Waals surface area contributed by atoms with Gasteiger partial charge in [0.25, 0.3) is 0 Å². The Morgan fingerprint density at radius 2 is 2.07 bits per heavy atom. The summed E-state index contributed by atoms with van der Waals surface area (Å²) in [6.45, 7) is 3.64. The van der Waals surface area contributed by atoms with Gasteiger partial charge < -0.3 is 19.9 Å². The van der Waals surface area contributed by atoms with Crippen molar-refractivity contribution < 1.29 is 19.1 Å². The van der Waals surface area contributed by atoms with E-state index in [1.54, 1.807) is 12.3 Å². The number of fused-ring (bicyclic) bond motifs is 4. The summed E-state index contributed by atoms with van der Waals surface area (Å²) in [7, 11) is 1.36. The molecule has 156 valence electrons. The van der Waals surface area contributed by atoms with Crippen molar-refractivity contribution in [1.29, 1.82) is 0 Å². The van der Waals surface area contributed by atoms with Crippen molar-refractivity contribution in [2.45, 2.75) is 44.7 Å². The van der Waals surface area contributed by atoms with Gasteiger partial charge in [0.2, 0.25) is 11.8 Å². The van der Waals surface area contributed by atoms with E-state index in [1.807, 2.05) is 6.07 Å². The van der Waals surface area contributed by atoms with E-state index < -0.39 is 5.97 Å². The lowest BCUT2D eigenvalue weighted by atomic mass is 9.72. The average Bonchev–Trinajstić information content (AvgIpc) is 2.73. The summed E-state index contributed by atoms with van der Waals surface area (Å²) in [5.74, 6) is 1.27. The predicted octanol–water partition coefficient (Wildman–Crippen LogP) is 1.21. The molecular weight excluding hydrogens is 372 g/mol. The first kappa shape index (κ1) is 19.7. The molecule has 29 heavy (non-hydrogen) atoms. The molecule has 0 aromatic carbocycles. The fourth-order valence-electron chi connectivity index (χ4n) is 5.28. The zero-order valence-corrected chi connectivity index (χ0v) is 17.0. The Kier molecular flexibility index (Phi) is 5.43. The molecule has 4 atom stereocenters. The van der Waals surface area contributed by atoms with Crippen LogP contribution in [0.2, 0.25) is 0 Å². The molecule has 3 aliphatic heterocycles. The SMILES string of the molecule is COC(=O)c1ccc(N2C[C@H]3C[C@@H](C2)[C@H](CNC(C)=O)N2C(=O)CCC[C@@H]32)nc1. The number of amides is 2. The van der Waals surface area contributed by atoms with E-state index in [9.17, 15) is 14.4 Å². The predicted molar refractivity (Wildman–Crippen MR) is 106 cm³/mol. The van der Waals surface area contributed by atoms with Gasteiger partial charge in [-0.3, -0.25) is 9.59 Å². The summed E-state index contributed by atoms with van der Waals surface area (Å²) in [6, 6.07) is 3.84. The number of nitrogens with zero attached hydrogens (tertiary/aromatic N) is 3. The Hall–Kier alpha value is -2.64. The third-order valence-electron chi connectivity index (χ3n) is 6.55. The number of methoxy groups -OCH3 is 1. The summed E-state index contributed by atoms with van der Waals surface area (Å²) in [5.41, 5.74) is 0.432. The summed E-state index contributed by atoms with van der Waals surface area (Å²) in [4.78, 5) is 44.8. The number of anilines is 1. The fraction of sp³-hybridized carbons (Fsp3) is 0.619. The van der Waals surface area contributed by atoms with Crippen LogP contribution >= 0.6 is 0 Å². The summed E-state index contributed by atoms with van der Waals surface area (Å²) >= 11 is 0. The second-order valence-electron chi connectivity index (χ2n) is 8.32. The van der Waals surface area contributed by atoms with Crippen molar-refractivity contribution in [2.24, 2.45) is 11.8 Å². The Labute approximate surface area is 170 Å². The highest BCUT2D eigenvalue weighted by molar-refractivity contribution is 5.89. The van der Waals surface area contributed by atoms with E-state index >= 15 is 0 Å². The molecule has 3 saturated heterocycles. The monoisotopic (exact) mass is 400 g/mol. The molecule has 1 aromatic rings. The maximum atomic E-state index is 12.7. The van der Waals surface area contributed by atoms with Crippen LogP contribution in [0.3, 0.4) is 0 Å². The Bertz CT molecular complexity index is 796. The molecule has 8 heteroatoms. The van der Waals surface area contributed by atoms with E-state index in [0.29, 0.717) is 24.4 Å². The van der Waals surface area contributed by atoms with E-state index in [1.165, 1.54) is 14.0 Å². The number of rotatable bonds is 4. The smallest absolute Gasteiger partial charge is 0.339 e. The quantitative estimate of drug-likeness (QED) is 0.764. The van der Waals surface area contributed by atoms with Gasteiger partial charge in [-0.25, -0.2) is 9.78 Å². The number of pyridine rings is 1. The third-order valence-corrected chi connectivity index (χ3v) is 6.55. The molecule has 2 bridgehead atoms. The lowest BCUT2D eigenvalue weighted by Crippen LogP contribution is -2.67. The third kappa shape index (κ3) is 3.80. The number of carbonyl (C=O) groups is 3. The van der Waals surface area contributed by atoms with Crippen molar-refractivity contribution in [3.63, 3.8) is 0 Å². The molecule has 0 unspecified atom stereocenters. The highest BCUT2D eigenvalue weighted by Crippen LogP contribution is 2.42. The lowest BCUT2D eigenvalue weighted by molar-refractivity contribution is -0.149. The second kappa shape index (κ2) is 8.00. The molecule has 2 amide bonds. The van der Waals surface area contributed by atoms with Crippen LogP contribution in [0.4, 0.5) is 5.82 Å². The van der Waals surface area contributed by atoms with Crippen LogP contribution in [0.5, 0.6) is 0 Å². The van der Waals surface area contributed by atoms with E-state index in [-0.39, 0.29) is 29.8 Å². The normalized spacial score (nSPS) is 28.6. The number of carbonyl (C=O) groups excluding carboxylic acids is 3. The standard InChI is InChI=1S/C21H28N4O4/c1-13(26)22-10-18-16-8-15(17-4-3-5-20(27)25(17)18)11-24(12-16)19-7-6-14(9-23-19)21(28)29-2/h6-7,9,15-18H,3-5,8,10-12H2,1-2H3,(H,22,26)/t15-,16+,17+,18+/m1/s1. The van der Waals surface area contributed by atoms with Gasteiger partial charge in [0.05, 0.1) is 18.7 Å². The first-order chi connectivity index (χ1) is 14.0. The van der Waals surface area contributed by atoms with Crippen LogP contribution in [0.15, 0.2) is 18.3 Å². The first-order valence-electron chi connectivity index (χ1n) is 10.3. The molecule has 0 radical (unpaired) electrons. The zero-order valence-electron chi connectivity index (χ0n) is 17.0. The number of hydrogen-bond acceptors (Lipinski definition) is 6. The number of aromatic nitrogens is 1. The molecular formula is C21H28N4O4. The van der Waals surface area contributed by atoms with Crippen LogP contribution < -0.4 is 10.2 Å².